The van der Waals surface area contributed by atoms with Crippen LogP contribution in [-0.4, -0.2) is 28.4 Å². The summed E-state index contributed by atoms with van der Waals surface area (Å²) in [5, 5.41) is 9.58. The molecule has 2 aromatic rings. The molecule has 0 bridgehead atoms. The quantitative estimate of drug-likeness (QED) is 0.829. The van der Waals surface area contributed by atoms with Gasteiger partial charge in [0, 0.05) is 5.41 Å². The molecular weight excluding hydrogens is 337 g/mol. The van der Waals surface area contributed by atoms with Gasteiger partial charge in [0.25, 0.3) is 0 Å². The van der Waals surface area contributed by atoms with Crippen LogP contribution < -0.4 is 5.46 Å². The average Bonchev–Trinajstić information content (AvgIpc) is 2.82. The lowest BCUT2D eigenvalue weighted by Crippen LogP contribution is -2.41. The largest absolute Gasteiger partial charge is 0.506 e. The smallest absolute Gasteiger partial charge is 0.494 e. The summed E-state index contributed by atoms with van der Waals surface area (Å²) in [4.78, 5) is 4.49. The fourth-order valence-electron chi connectivity index (χ4n) is 3.44. The number of pyridine rings is 1. The van der Waals surface area contributed by atoms with Crippen molar-refractivity contribution in [2.24, 2.45) is 5.92 Å². The van der Waals surface area contributed by atoms with Crippen LogP contribution in [0.2, 0.25) is 0 Å². The molecule has 0 spiro atoms. The standard InChI is InChI=1S/C22H30BNO3/c1-15(2)22(7,19-13-12-18(25)14-24-19)16-8-10-17(11-9-16)23-26-20(3,4)21(5,6)27-23/h8-15,25H,1-7H3. The molecule has 0 radical (unpaired) electrons. The number of rotatable bonds is 4. The van der Waals surface area contributed by atoms with Crippen LogP contribution in [0.1, 0.15) is 59.7 Å². The minimum absolute atomic E-state index is 0.181. The summed E-state index contributed by atoms with van der Waals surface area (Å²) in [5.74, 6) is 0.512. The molecule has 3 rings (SSSR count). The van der Waals surface area contributed by atoms with Gasteiger partial charge in [-0.3, -0.25) is 4.98 Å². The maximum atomic E-state index is 9.58. The van der Waals surface area contributed by atoms with Gasteiger partial charge in [0.15, 0.2) is 0 Å². The third-order valence-corrected chi connectivity index (χ3v) is 6.47. The first kappa shape index (κ1) is 19.9. The van der Waals surface area contributed by atoms with Gasteiger partial charge in [0.05, 0.1) is 23.1 Å². The molecule has 1 saturated heterocycles. The Bertz CT molecular complexity index is 783. The highest BCUT2D eigenvalue weighted by Gasteiger charge is 2.51. The number of aromatic hydroxyl groups is 1. The highest BCUT2D eigenvalue weighted by molar-refractivity contribution is 6.62. The van der Waals surface area contributed by atoms with E-state index in [1.165, 1.54) is 11.8 Å². The van der Waals surface area contributed by atoms with Gasteiger partial charge in [-0.05, 0) is 63.7 Å². The zero-order valence-corrected chi connectivity index (χ0v) is 17.4. The molecule has 1 atom stereocenters. The number of hydrogen-bond acceptors (Lipinski definition) is 4. The SMILES string of the molecule is CC(C)C(C)(c1ccc(B2OC(C)(C)C(C)(C)O2)cc1)c1ccc(O)cn1. The van der Waals surface area contributed by atoms with Crippen molar-refractivity contribution in [1.82, 2.24) is 4.98 Å². The first-order valence-corrected chi connectivity index (χ1v) is 9.59. The highest BCUT2D eigenvalue weighted by Crippen LogP contribution is 2.39. The molecule has 1 aromatic heterocycles. The zero-order valence-electron chi connectivity index (χ0n) is 17.4. The van der Waals surface area contributed by atoms with Crippen molar-refractivity contribution in [3.8, 4) is 5.75 Å². The molecule has 1 aromatic carbocycles. The summed E-state index contributed by atoms with van der Waals surface area (Å²) in [6.45, 7) is 14.8. The summed E-state index contributed by atoms with van der Waals surface area (Å²) in [6, 6.07) is 12.0. The Hall–Kier alpha value is -1.85. The first-order chi connectivity index (χ1) is 12.5. The van der Waals surface area contributed by atoms with Crippen LogP contribution in [0.25, 0.3) is 0 Å². The molecular formula is C22H30BNO3. The average molecular weight is 367 g/mol. The minimum Gasteiger partial charge on any atom is -0.506 e. The summed E-state index contributed by atoms with van der Waals surface area (Å²) < 4.78 is 12.3. The lowest BCUT2D eigenvalue weighted by Gasteiger charge is -2.34. The number of aromatic nitrogens is 1. The van der Waals surface area contributed by atoms with Crippen LogP contribution >= 0.6 is 0 Å². The van der Waals surface area contributed by atoms with Gasteiger partial charge in [-0.15, -0.1) is 0 Å². The van der Waals surface area contributed by atoms with Gasteiger partial charge >= 0.3 is 7.12 Å². The molecule has 144 valence electrons. The van der Waals surface area contributed by atoms with E-state index in [1.807, 2.05) is 6.07 Å². The summed E-state index contributed by atoms with van der Waals surface area (Å²) in [6.07, 6.45) is 1.51. The monoisotopic (exact) mass is 367 g/mol. The van der Waals surface area contributed by atoms with Crippen molar-refractivity contribution >= 4 is 12.6 Å². The van der Waals surface area contributed by atoms with Crippen LogP contribution in [0.15, 0.2) is 42.6 Å². The molecule has 1 aliphatic rings. The molecule has 1 unspecified atom stereocenters. The van der Waals surface area contributed by atoms with Gasteiger partial charge in [-0.1, -0.05) is 38.1 Å². The molecule has 2 heterocycles. The van der Waals surface area contributed by atoms with Crippen LogP contribution in [0.4, 0.5) is 0 Å². The van der Waals surface area contributed by atoms with E-state index < -0.39 is 0 Å². The Labute approximate surface area is 163 Å². The van der Waals surface area contributed by atoms with E-state index in [4.69, 9.17) is 9.31 Å². The maximum absolute atomic E-state index is 9.58. The molecule has 1 N–H and O–H groups in total. The minimum atomic E-state index is -0.360. The van der Waals surface area contributed by atoms with Crippen LogP contribution in [-0.2, 0) is 14.7 Å². The van der Waals surface area contributed by atoms with Crippen LogP contribution in [0, 0.1) is 5.92 Å². The van der Waals surface area contributed by atoms with Gasteiger partial charge in [0.2, 0.25) is 0 Å². The predicted octanol–water partition coefficient (Wildman–Crippen LogP) is 4.05. The fraction of sp³-hybridized carbons (Fsp3) is 0.500. The van der Waals surface area contributed by atoms with Crippen LogP contribution in [0.5, 0.6) is 5.75 Å². The van der Waals surface area contributed by atoms with E-state index in [9.17, 15) is 5.11 Å². The molecule has 4 nitrogen and oxygen atoms in total. The molecule has 27 heavy (non-hydrogen) atoms. The van der Waals surface area contributed by atoms with Crippen molar-refractivity contribution in [3.05, 3.63) is 53.9 Å². The number of nitrogens with zero attached hydrogens (tertiary/aromatic N) is 1. The molecule has 1 aliphatic heterocycles. The van der Waals surface area contributed by atoms with E-state index >= 15 is 0 Å². The van der Waals surface area contributed by atoms with Gasteiger partial charge < -0.3 is 14.4 Å². The maximum Gasteiger partial charge on any atom is 0.494 e. The second-order valence-corrected chi connectivity index (χ2v) is 8.97. The molecule has 5 heteroatoms. The van der Waals surface area contributed by atoms with Crippen molar-refractivity contribution in [2.45, 2.75) is 65.1 Å². The molecule has 0 saturated carbocycles. The zero-order chi connectivity index (χ0) is 20.0. The third kappa shape index (κ3) is 3.39. The number of benzene rings is 1. The first-order valence-electron chi connectivity index (χ1n) is 9.59. The topological polar surface area (TPSA) is 51.6 Å². The van der Waals surface area contributed by atoms with E-state index in [0.29, 0.717) is 5.92 Å². The Morgan fingerprint density at radius 3 is 1.96 bits per heavy atom. The molecule has 0 amide bonds. The van der Waals surface area contributed by atoms with E-state index in [2.05, 4.69) is 77.7 Å². The Balaban J connectivity index is 1.92. The summed E-state index contributed by atoms with van der Waals surface area (Å²) in [5.41, 5.74) is 2.18. The van der Waals surface area contributed by atoms with E-state index in [1.54, 1.807) is 6.07 Å². The Kier molecular flexibility index (Phi) is 4.90. The van der Waals surface area contributed by atoms with E-state index in [-0.39, 0.29) is 29.5 Å². The Morgan fingerprint density at radius 2 is 1.52 bits per heavy atom. The van der Waals surface area contributed by atoms with Crippen molar-refractivity contribution in [3.63, 3.8) is 0 Å². The fourth-order valence-corrected chi connectivity index (χ4v) is 3.44. The van der Waals surface area contributed by atoms with Gasteiger partial charge in [-0.25, -0.2) is 0 Å². The lowest BCUT2D eigenvalue weighted by molar-refractivity contribution is 0.00578. The van der Waals surface area contributed by atoms with Crippen molar-refractivity contribution in [2.75, 3.05) is 0 Å². The predicted molar refractivity (Wildman–Crippen MR) is 109 cm³/mol. The van der Waals surface area contributed by atoms with Gasteiger partial charge in [-0.2, -0.15) is 0 Å². The summed E-state index contributed by atoms with van der Waals surface area (Å²) in [7, 11) is -0.360. The van der Waals surface area contributed by atoms with Crippen molar-refractivity contribution in [1.29, 1.82) is 0 Å². The number of hydrogen-bond donors (Lipinski definition) is 1. The lowest BCUT2D eigenvalue weighted by atomic mass is 9.69. The van der Waals surface area contributed by atoms with Crippen molar-refractivity contribution < 1.29 is 14.4 Å². The molecule has 0 aliphatic carbocycles. The summed E-state index contributed by atoms with van der Waals surface area (Å²) >= 11 is 0. The molecule has 1 fully saturated rings. The van der Waals surface area contributed by atoms with Crippen LogP contribution in [0.3, 0.4) is 0 Å². The Morgan fingerprint density at radius 1 is 0.963 bits per heavy atom. The van der Waals surface area contributed by atoms with Gasteiger partial charge in [0.1, 0.15) is 5.75 Å². The second kappa shape index (κ2) is 6.64. The second-order valence-electron chi connectivity index (χ2n) is 8.97. The normalized spacial score (nSPS) is 20.7. The highest BCUT2D eigenvalue weighted by atomic mass is 16.7. The third-order valence-electron chi connectivity index (χ3n) is 6.47. The van der Waals surface area contributed by atoms with E-state index in [0.717, 1.165) is 11.2 Å².